The van der Waals surface area contributed by atoms with Crippen LogP contribution in [0.1, 0.15) is 24.5 Å². The summed E-state index contributed by atoms with van der Waals surface area (Å²) in [5.74, 6) is 1.24. The highest BCUT2D eigenvalue weighted by Crippen LogP contribution is 2.36. The van der Waals surface area contributed by atoms with E-state index in [0.717, 1.165) is 5.56 Å². The van der Waals surface area contributed by atoms with Gasteiger partial charge in [-0.05, 0) is 43.7 Å². The number of rotatable bonds is 6. The normalized spacial score (nSPS) is 19.5. The predicted octanol–water partition coefficient (Wildman–Crippen LogP) is 2.34. The van der Waals surface area contributed by atoms with Crippen LogP contribution >= 0.6 is 0 Å². The number of fused-ring (bicyclic) bond motifs is 1. The smallest absolute Gasteiger partial charge is 0.240 e. The summed E-state index contributed by atoms with van der Waals surface area (Å²) in [6.45, 7) is 4.39. The highest BCUT2D eigenvalue weighted by atomic mass is 32.2. The minimum absolute atomic E-state index is 0.123. The van der Waals surface area contributed by atoms with Gasteiger partial charge < -0.3 is 14.6 Å². The van der Waals surface area contributed by atoms with Crippen LogP contribution in [0.2, 0.25) is 0 Å². The molecule has 0 aromatic heterocycles. The van der Waals surface area contributed by atoms with Crippen LogP contribution in [-0.2, 0) is 15.6 Å². The first-order valence-electron chi connectivity index (χ1n) is 8.53. The fourth-order valence-electron chi connectivity index (χ4n) is 3.03. The SMILES string of the molecule is CCOc1ccc(S(=O)(=O)NCC2(O)CCOc3ccccc32)cc1C. The molecular weight excluding hydrogens is 354 g/mol. The molecule has 2 aromatic carbocycles. The molecule has 2 aromatic rings. The predicted molar refractivity (Wildman–Crippen MR) is 98.0 cm³/mol. The molecule has 0 radical (unpaired) electrons. The number of hydrogen-bond donors (Lipinski definition) is 2. The summed E-state index contributed by atoms with van der Waals surface area (Å²) < 4.78 is 38.8. The van der Waals surface area contributed by atoms with Crippen LogP contribution in [0.3, 0.4) is 0 Å². The van der Waals surface area contributed by atoms with Gasteiger partial charge in [-0.25, -0.2) is 13.1 Å². The van der Waals surface area contributed by atoms with Gasteiger partial charge in [-0.3, -0.25) is 0 Å². The van der Waals surface area contributed by atoms with Crippen molar-refractivity contribution < 1.29 is 23.0 Å². The van der Waals surface area contributed by atoms with Crippen molar-refractivity contribution in [3.05, 3.63) is 53.6 Å². The lowest BCUT2D eigenvalue weighted by atomic mass is 9.88. The lowest BCUT2D eigenvalue weighted by Gasteiger charge is -2.34. The van der Waals surface area contributed by atoms with E-state index in [2.05, 4.69) is 4.72 Å². The third-order valence-electron chi connectivity index (χ3n) is 4.47. The number of nitrogens with one attached hydrogen (secondary N) is 1. The maximum absolute atomic E-state index is 12.7. The van der Waals surface area contributed by atoms with E-state index in [-0.39, 0.29) is 11.4 Å². The number of hydrogen-bond acceptors (Lipinski definition) is 5. The van der Waals surface area contributed by atoms with E-state index in [4.69, 9.17) is 9.47 Å². The number of para-hydroxylation sites is 1. The van der Waals surface area contributed by atoms with E-state index in [1.54, 1.807) is 37.3 Å². The molecule has 1 aliphatic rings. The summed E-state index contributed by atoms with van der Waals surface area (Å²) in [4.78, 5) is 0.141. The second kappa shape index (κ2) is 7.26. The summed E-state index contributed by atoms with van der Waals surface area (Å²) in [7, 11) is -3.76. The van der Waals surface area contributed by atoms with E-state index in [9.17, 15) is 13.5 Å². The third kappa shape index (κ3) is 3.70. The zero-order chi connectivity index (χ0) is 18.8. The average Bonchev–Trinajstić information content (AvgIpc) is 2.62. The highest BCUT2D eigenvalue weighted by Gasteiger charge is 2.36. The topological polar surface area (TPSA) is 84.9 Å². The molecule has 0 spiro atoms. The summed E-state index contributed by atoms with van der Waals surface area (Å²) in [5, 5.41) is 11.0. The first-order valence-corrected chi connectivity index (χ1v) is 10.0. The molecule has 0 amide bonds. The summed E-state index contributed by atoms with van der Waals surface area (Å²) in [5.41, 5.74) is 0.0315. The van der Waals surface area contributed by atoms with Gasteiger partial charge in [-0.2, -0.15) is 0 Å². The molecule has 26 heavy (non-hydrogen) atoms. The van der Waals surface area contributed by atoms with Crippen molar-refractivity contribution in [1.29, 1.82) is 0 Å². The lowest BCUT2D eigenvalue weighted by molar-refractivity contribution is 0.00219. The quantitative estimate of drug-likeness (QED) is 0.807. The van der Waals surface area contributed by atoms with Crippen molar-refractivity contribution in [1.82, 2.24) is 4.72 Å². The molecule has 0 saturated carbocycles. The monoisotopic (exact) mass is 377 g/mol. The molecule has 0 bridgehead atoms. The molecular formula is C19H23NO5S. The Morgan fingerprint density at radius 1 is 1.27 bits per heavy atom. The Hall–Kier alpha value is -2.09. The summed E-state index contributed by atoms with van der Waals surface area (Å²) in [6.07, 6.45) is 0.314. The molecule has 1 unspecified atom stereocenters. The van der Waals surface area contributed by atoms with Gasteiger partial charge >= 0.3 is 0 Å². The van der Waals surface area contributed by atoms with E-state index in [1.165, 1.54) is 6.07 Å². The molecule has 1 heterocycles. The number of ether oxygens (including phenoxy) is 2. The second-order valence-electron chi connectivity index (χ2n) is 6.31. The van der Waals surface area contributed by atoms with Crippen LogP contribution < -0.4 is 14.2 Å². The average molecular weight is 377 g/mol. The molecule has 0 saturated heterocycles. The largest absolute Gasteiger partial charge is 0.494 e. The molecule has 1 atom stereocenters. The second-order valence-corrected chi connectivity index (χ2v) is 8.08. The van der Waals surface area contributed by atoms with E-state index in [0.29, 0.717) is 36.7 Å². The Labute approximate surface area is 153 Å². The van der Waals surface area contributed by atoms with E-state index < -0.39 is 15.6 Å². The molecule has 3 rings (SSSR count). The number of benzene rings is 2. The Bertz CT molecular complexity index is 897. The van der Waals surface area contributed by atoms with E-state index >= 15 is 0 Å². The fourth-order valence-corrected chi connectivity index (χ4v) is 4.20. The first kappa shape index (κ1) is 18.7. The van der Waals surface area contributed by atoms with Crippen molar-refractivity contribution in [3.63, 3.8) is 0 Å². The maximum atomic E-state index is 12.7. The molecule has 7 heteroatoms. The van der Waals surface area contributed by atoms with Crippen LogP contribution in [0.5, 0.6) is 11.5 Å². The van der Waals surface area contributed by atoms with Gasteiger partial charge in [0.05, 0.1) is 18.1 Å². The Balaban J connectivity index is 1.80. The van der Waals surface area contributed by atoms with Gasteiger partial charge in [0.2, 0.25) is 10.0 Å². The van der Waals surface area contributed by atoms with Crippen molar-refractivity contribution in [2.75, 3.05) is 19.8 Å². The van der Waals surface area contributed by atoms with Crippen molar-refractivity contribution in [2.24, 2.45) is 0 Å². The van der Waals surface area contributed by atoms with Gasteiger partial charge in [0, 0.05) is 18.5 Å². The zero-order valence-corrected chi connectivity index (χ0v) is 15.7. The zero-order valence-electron chi connectivity index (χ0n) is 14.9. The van der Waals surface area contributed by atoms with Gasteiger partial charge in [0.1, 0.15) is 17.1 Å². The minimum Gasteiger partial charge on any atom is -0.494 e. The third-order valence-corrected chi connectivity index (χ3v) is 5.87. The molecule has 0 fully saturated rings. The molecule has 0 aliphatic carbocycles. The Morgan fingerprint density at radius 2 is 2.04 bits per heavy atom. The van der Waals surface area contributed by atoms with Gasteiger partial charge in [-0.1, -0.05) is 18.2 Å². The summed E-state index contributed by atoms with van der Waals surface area (Å²) >= 11 is 0. The number of sulfonamides is 1. The standard InChI is InChI=1S/C19H23NO5S/c1-3-24-17-9-8-15(12-14(17)2)26(22,23)20-13-19(21)10-11-25-18-7-5-4-6-16(18)19/h4-9,12,20-21H,3,10-11,13H2,1-2H3. The Kier molecular flexibility index (Phi) is 5.22. The highest BCUT2D eigenvalue weighted by molar-refractivity contribution is 7.89. The number of aliphatic hydroxyl groups is 1. The van der Waals surface area contributed by atoms with Crippen molar-refractivity contribution in [3.8, 4) is 11.5 Å². The van der Waals surface area contributed by atoms with Crippen LogP contribution in [0.25, 0.3) is 0 Å². The Morgan fingerprint density at radius 3 is 2.77 bits per heavy atom. The summed E-state index contributed by atoms with van der Waals surface area (Å²) in [6, 6.07) is 11.8. The maximum Gasteiger partial charge on any atom is 0.240 e. The lowest BCUT2D eigenvalue weighted by Crippen LogP contribution is -2.43. The van der Waals surface area contributed by atoms with Crippen molar-refractivity contribution >= 4 is 10.0 Å². The van der Waals surface area contributed by atoms with Crippen LogP contribution in [0.4, 0.5) is 0 Å². The van der Waals surface area contributed by atoms with Gasteiger partial charge in [0.25, 0.3) is 0 Å². The minimum atomic E-state index is -3.76. The number of aryl methyl sites for hydroxylation is 1. The van der Waals surface area contributed by atoms with Crippen molar-refractivity contribution in [2.45, 2.75) is 30.8 Å². The molecule has 140 valence electrons. The molecule has 6 nitrogen and oxygen atoms in total. The van der Waals surface area contributed by atoms with E-state index in [1.807, 2.05) is 13.0 Å². The van der Waals surface area contributed by atoms with Crippen LogP contribution in [-0.4, -0.2) is 33.3 Å². The fraction of sp³-hybridized carbons (Fsp3) is 0.368. The van der Waals surface area contributed by atoms with Crippen LogP contribution in [0.15, 0.2) is 47.4 Å². The molecule has 2 N–H and O–H groups in total. The first-order chi connectivity index (χ1) is 12.4. The van der Waals surface area contributed by atoms with Gasteiger partial charge in [-0.15, -0.1) is 0 Å². The van der Waals surface area contributed by atoms with Crippen LogP contribution in [0, 0.1) is 6.92 Å². The molecule has 1 aliphatic heterocycles. The van der Waals surface area contributed by atoms with Gasteiger partial charge in [0.15, 0.2) is 0 Å².